The van der Waals surface area contributed by atoms with Gasteiger partial charge in [-0.1, -0.05) is 113 Å². The van der Waals surface area contributed by atoms with Crippen molar-refractivity contribution in [2.24, 2.45) is 0 Å². The molecule has 4 aromatic carbocycles. The molecule has 0 bridgehead atoms. The predicted octanol–water partition coefficient (Wildman–Crippen LogP) is 7.65. The quantitative estimate of drug-likeness (QED) is 0.162. The third-order valence-corrected chi connectivity index (χ3v) is 11.0. The molecule has 240 valence electrons. The fourth-order valence-corrected chi connectivity index (χ4v) is 7.81. The predicted molar refractivity (Wildman–Crippen MR) is 186 cm³/mol. The Bertz CT molecular complexity index is 1770. The summed E-state index contributed by atoms with van der Waals surface area (Å²) < 4.78 is 30.1. The van der Waals surface area contributed by atoms with Crippen molar-refractivity contribution in [1.82, 2.24) is 10.2 Å². The summed E-state index contributed by atoms with van der Waals surface area (Å²) in [6.07, 6.45) is 4.07. The maximum absolute atomic E-state index is 14.6. The van der Waals surface area contributed by atoms with Crippen molar-refractivity contribution < 1.29 is 18.0 Å². The molecular formula is C35H34BrCl2N3O4S. The molecule has 4 aromatic rings. The molecule has 2 amide bonds. The van der Waals surface area contributed by atoms with Gasteiger partial charge in [0.25, 0.3) is 10.0 Å². The third kappa shape index (κ3) is 8.50. The smallest absolute Gasteiger partial charge is 0.264 e. The molecule has 1 aliphatic rings. The van der Waals surface area contributed by atoms with E-state index in [4.69, 9.17) is 23.2 Å². The largest absolute Gasteiger partial charge is 0.352 e. The van der Waals surface area contributed by atoms with Crippen molar-refractivity contribution in [1.29, 1.82) is 0 Å². The van der Waals surface area contributed by atoms with Crippen molar-refractivity contribution in [3.05, 3.63) is 129 Å². The second-order valence-corrected chi connectivity index (χ2v) is 14.9. The molecule has 1 N–H and O–H groups in total. The van der Waals surface area contributed by atoms with Gasteiger partial charge in [0, 0.05) is 23.5 Å². The van der Waals surface area contributed by atoms with Crippen LogP contribution in [0.1, 0.15) is 36.8 Å². The summed E-state index contributed by atoms with van der Waals surface area (Å²) in [5.74, 6) is -0.820. The monoisotopic (exact) mass is 741 g/mol. The topological polar surface area (TPSA) is 86.8 Å². The number of rotatable bonds is 12. The second-order valence-electron chi connectivity index (χ2n) is 11.3. The molecule has 0 heterocycles. The summed E-state index contributed by atoms with van der Waals surface area (Å²) in [7, 11) is -4.24. The molecule has 46 heavy (non-hydrogen) atoms. The fraction of sp³-hybridized carbons (Fsp3) is 0.257. The Labute approximate surface area is 288 Å². The highest BCUT2D eigenvalue weighted by Gasteiger charge is 2.35. The summed E-state index contributed by atoms with van der Waals surface area (Å²) in [5.41, 5.74) is 1.82. The van der Waals surface area contributed by atoms with Crippen LogP contribution in [0.25, 0.3) is 0 Å². The van der Waals surface area contributed by atoms with E-state index < -0.39 is 28.5 Å². The molecule has 7 nitrogen and oxygen atoms in total. The third-order valence-electron chi connectivity index (χ3n) is 8.02. The van der Waals surface area contributed by atoms with Gasteiger partial charge in [-0.05, 0) is 66.4 Å². The van der Waals surface area contributed by atoms with E-state index >= 15 is 0 Å². The first kappa shape index (κ1) is 34.0. The molecule has 1 unspecified atom stereocenters. The van der Waals surface area contributed by atoms with Gasteiger partial charge >= 0.3 is 0 Å². The first-order valence-corrected chi connectivity index (χ1v) is 18.0. The molecule has 0 aliphatic heterocycles. The van der Waals surface area contributed by atoms with Crippen LogP contribution in [0.2, 0.25) is 10.0 Å². The average molecular weight is 744 g/mol. The van der Waals surface area contributed by atoms with Crippen molar-refractivity contribution in [2.45, 2.75) is 55.6 Å². The number of amides is 2. The number of carbonyl (C=O) groups excluding carboxylic acids is 2. The SMILES string of the molecule is O=C(NC1CCCC1)C(Cc1ccccc1)N(Cc1cccc(Br)c1)C(=O)CN(c1ccc(Cl)c(Cl)c1)S(=O)(=O)c1ccccc1. The number of nitrogens with one attached hydrogen (secondary N) is 1. The Hall–Kier alpha value is -3.37. The zero-order chi connectivity index (χ0) is 32.7. The van der Waals surface area contributed by atoms with E-state index in [0.717, 1.165) is 45.6 Å². The van der Waals surface area contributed by atoms with Crippen LogP contribution < -0.4 is 9.62 Å². The lowest BCUT2D eigenvalue weighted by Gasteiger charge is -2.34. The van der Waals surface area contributed by atoms with E-state index in [0.29, 0.717) is 0 Å². The fourth-order valence-electron chi connectivity index (χ4n) is 5.64. The zero-order valence-electron chi connectivity index (χ0n) is 25.0. The van der Waals surface area contributed by atoms with Crippen LogP contribution in [-0.4, -0.2) is 43.8 Å². The Balaban J connectivity index is 1.57. The molecule has 1 atom stereocenters. The minimum atomic E-state index is -4.24. The summed E-state index contributed by atoms with van der Waals surface area (Å²) in [6.45, 7) is -0.500. The van der Waals surface area contributed by atoms with Crippen molar-refractivity contribution in [3.63, 3.8) is 0 Å². The number of carbonyl (C=O) groups is 2. The Morgan fingerprint density at radius 3 is 2.13 bits per heavy atom. The van der Waals surface area contributed by atoms with E-state index in [-0.39, 0.29) is 45.5 Å². The molecule has 1 aliphatic carbocycles. The molecule has 0 aromatic heterocycles. The highest BCUT2D eigenvalue weighted by Crippen LogP contribution is 2.31. The van der Waals surface area contributed by atoms with Crippen LogP contribution in [0.5, 0.6) is 0 Å². The highest BCUT2D eigenvalue weighted by molar-refractivity contribution is 9.10. The molecule has 0 saturated heterocycles. The van der Waals surface area contributed by atoms with Gasteiger partial charge in [0.2, 0.25) is 11.8 Å². The van der Waals surface area contributed by atoms with Gasteiger partial charge in [-0.3, -0.25) is 13.9 Å². The molecule has 0 spiro atoms. The van der Waals surface area contributed by atoms with Gasteiger partial charge in [0.05, 0.1) is 20.6 Å². The van der Waals surface area contributed by atoms with E-state index in [1.807, 2.05) is 54.6 Å². The summed E-state index contributed by atoms with van der Waals surface area (Å²) in [4.78, 5) is 30.2. The summed E-state index contributed by atoms with van der Waals surface area (Å²) in [5, 5.41) is 3.57. The van der Waals surface area contributed by atoms with Gasteiger partial charge in [0.1, 0.15) is 12.6 Å². The molecule has 1 fully saturated rings. The molecule has 11 heteroatoms. The maximum atomic E-state index is 14.6. The molecule has 5 rings (SSSR count). The number of hydrogen-bond acceptors (Lipinski definition) is 4. The normalized spacial score (nSPS) is 14.1. The van der Waals surface area contributed by atoms with Crippen LogP contribution in [0.3, 0.4) is 0 Å². The number of benzene rings is 4. The Morgan fingerprint density at radius 2 is 1.48 bits per heavy atom. The first-order valence-electron chi connectivity index (χ1n) is 15.0. The number of anilines is 1. The Morgan fingerprint density at radius 1 is 0.826 bits per heavy atom. The number of halogens is 3. The first-order chi connectivity index (χ1) is 22.1. The zero-order valence-corrected chi connectivity index (χ0v) is 28.9. The lowest BCUT2D eigenvalue weighted by Crippen LogP contribution is -2.54. The minimum Gasteiger partial charge on any atom is -0.352 e. The highest BCUT2D eigenvalue weighted by atomic mass is 79.9. The van der Waals surface area contributed by atoms with E-state index in [1.54, 1.807) is 18.2 Å². The van der Waals surface area contributed by atoms with Crippen LogP contribution in [0.4, 0.5) is 5.69 Å². The van der Waals surface area contributed by atoms with Gasteiger partial charge in [-0.15, -0.1) is 0 Å². The van der Waals surface area contributed by atoms with Crippen LogP contribution in [-0.2, 0) is 32.6 Å². The van der Waals surface area contributed by atoms with E-state index in [9.17, 15) is 18.0 Å². The van der Waals surface area contributed by atoms with Gasteiger partial charge in [0.15, 0.2) is 0 Å². The van der Waals surface area contributed by atoms with Crippen molar-refractivity contribution in [3.8, 4) is 0 Å². The second kappa shape index (κ2) is 15.5. The van der Waals surface area contributed by atoms with Crippen LogP contribution in [0.15, 0.2) is 112 Å². The molecule has 1 saturated carbocycles. The lowest BCUT2D eigenvalue weighted by atomic mass is 10.0. The van der Waals surface area contributed by atoms with Crippen molar-refractivity contribution >= 4 is 66.7 Å². The molecular weight excluding hydrogens is 709 g/mol. The van der Waals surface area contributed by atoms with Crippen molar-refractivity contribution in [2.75, 3.05) is 10.8 Å². The van der Waals surface area contributed by atoms with E-state index in [2.05, 4.69) is 21.2 Å². The van der Waals surface area contributed by atoms with Gasteiger partial charge in [-0.25, -0.2) is 8.42 Å². The minimum absolute atomic E-state index is 0.00669. The molecule has 0 radical (unpaired) electrons. The number of nitrogens with zero attached hydrogens (tertiary/aromatic N) is 2. The number of sulfonamides is 1. The maximum Gasteiger partial charge on any atom is 0.264 e. The lowest BCUT2D eigenvalue weighted by molar-refractivity contribution is -0.140. The van der Waals surface area contributed by atoms with Crippen LogP contribution in [0, 0.1) is 0 Å². The average Bonchev–Trinajstić information content (AvgIpc) is 3.56. The Kier molecular flexibility index (Phi) is 11.4. The standard InChI is InChI=1S/C35H34BrCl2N3O4S/c36-27-13-9-12-26(20-27)23-40(33(21-25-10-3-1-4-11-25)35(43)39-28-14-7-8-15-28)34(42)24-41(29-18-19-31(37)32(38)22-29)46(44,45)30-16-5-2-6-17-30/h1-6,9-13,16-20,22,28,33H,7-8,14-15,21,23-24H2,(H,39,43). The van der Waals surface area contributed by atoms with Gasteiger partial charge in [-0.2, -0.15) is 0 Å². The van der Waals surface area contributed by atoms with Gasteiger partial charge < -0.3 is 10.2 Å². The number of hydrogen-bond donors (Lipinski definition) is 1. The summed E-state index contributed by atoms with van der Waals surface area (Å²) in [6, 6.07) is 28.4. The van der Waals surface area contributed by atoms with Crippen LogP contribution >= 0.6 is 39.1 Å². The summed E-state index contributed by atoms with van der Waals surface area (Å²) >= 11 is 16.0. The van der Waals surface area contributed by atoms with E-state index in [1.165, 1.54) is 35.2 Å².